The molecule has 6 nitrogen and oxygen atoms in total. The van der Waals surface area contributed by atoms with Crippen LogP contribution in [0.5, 0.6) is 11.5 Å². The Morgan fingerprint density at radius 2 is 2.00 bits per heavy atom. The lowest BCUT2D eigenvalue weighted by molar-refractivity contribution is 0.174. The van der Waals surface area contributed by atoms with E-state index in [1.165, 1.54) is 24.8 Å². The average Bonchev–Trinajstić information content (AvgIpc) is 3.35. The maximum absolute atomic E-state index is 5.72. The summed E-state index contributed by atoms with van der Waals surface area (Å²) in [5.41, 5.74) is 3.18. The number of hydrogen-bond acceptors (Lipinski definition) is 6. The standard InChI is InChI=1S/C22H23N3O3/c1-2-6-19(25(10-3-1)14-16-5-4-9-23-13-16)18-12-21(28-24-18)17-7-8-20-22(11-17)27-15-26-20/h4-5,7-9,11-13,19H,1-3,6,10,14-15H2. The molecule has 4 heterocycles. The largest absolute Gasteiger partial charge is 0.454 e. The van der Waals surface area contributed by atoms with Gasteiger partial charge in [-0.1, -0.05) is 24.1 Å². The van der Waals surface area contributed by atoms with Gasteiger partial charge in [-0.25, -0.2) is 0 Å². The van der Waals surface area contributed by atoms with Gasteiger partial charge < -0.3 is 14.0 Å². The summed E-state index contributed by atoms with van der Waals surface area (Å²) in [6, 6.07) is 12.3. The van der Waals surface area contributed by atoms with Crippen LogP contribution in [0.25, 0.3) is 11.3 Å². The first kappa shape index (κ1) is 17.3. The van der Waals surface area contributed by atoms with Crippen LogP contribution in [0.4, 0.5) is 0 Å². The lowest BCUT2D eigenvalue weighted by Gasteiger charge is -2.28. The molecular formula is C22H23N3O3. The van der Waals surface area contributed by atoms with Crippen molar-refractivity contribution in [3.8, 4) is 22.8 Å². The van der Waals surface area contributed by atoms with Gasteiger partial charge in [0.25, 0.3) is 0 Å². The van der Waals surface area contributed by atoms with Crippen LogP contribution >= 0.6 is 0 Å². The highest BCUT2D eigenvalue weighted by atomic mass is 16.7. The summed E-state index contributed by atoms with van der Waals surface area (Å²) in [7, 11) is 0. The Kier molecular flexibility index (Phi) is 4.71. The Bertz CT molecular complexity index is 941. The zero-order valence-electron chi connectivity index (χ0n) is 15.7. The maximum Gasteiger partial charge on any atom is 0.231 e. The molecule has 1 aromatic carbocycles. The number of nitrogens with zero attached hydrogens (tertiary/aromatic N) is 3. The molecule has 6 heteroatoms. The second kappa shape index (κ2) is 7.64. The number of aromatic nitrogens is 2. The van der Waals surface area contributed by atoms with Crippen molar-refractivity contribution in [2.24, 2.45) is 0 Å². The Hall–Kier alpha value is -2.86. The van der Waals surface area contributed by atoms with Gasteiger partial charge in [0.15, 0.2) is 17.3 Å². The summed E-state index contributed by atoms with van der Waals surface area (Å²) >= 11 is 0. The van der Waals surface area contributed by atoms with Crippen molar-refractivity contribution < 1.29 is 14.0 Å². The topological polar surface area (TPSA) is 60.6 Å². The molecule has 0 N–H and O–H groups in total. The molecule has 5 rings (SSSR count). The van der Waals surface area contributed by atoms with Gasteiger partial charge >= 0.3 is 0 Å². The summed E-state index contributed by atoms with van der Waals surface area (Å²) in [4.78, 5) is 6.77. The van der Waals surface area contributed by atoms with Crippen molar-refractivity contribution in [1.29, 1.82) is 0 Å². The molecule has 1 atom stereocenters. The molecule has 2 aromatic heterocycles. The third-order valence-electron chi connectivity index (χ3n) is 5.50. The quantitative estimate of drug-likeness (QED) is 0.663. The van der Waals surface area contributed by atoms with E-state index in [-0.39, 0.29) is 12.8 Å². The number of ether oxygens (including phenoxy) is 2. The molecule has 1 unspecified atom stereocenters. The van der Waals surface area contributed by atoms with Gasteiger partial charge in [-0.15, -0.1) is 0 Å². The lowest BCUT2D eigenvalue weighted by Crippen LogP contribution is -2.28. The minimum atomic E-state index is 0.259. The fourth-order valence-corrected chi connectivity index (χ4v) is 4.05. The maximum atomic E-state index is 5.72. The van der Waals surface area contributed by atoms with Crippen LogP contribution in [-0.2, 0) is 6.54 Å². The van der Waals surface area contributed by atoms with E-state index in [4.69, 9.17) is 14.0 Å². The smallest absolute Gasteiger partial charge is 0.231 e. The van der Waals surface area contributed by atoms with Crippen LogP contribution < -0.4 is 9.47 Å². The monoisotopic (exact) mass is 377 g/mol. The highest BCUT2D eigenvalue weighted by Crippen LogP contribution is 2.37. The van der Waals surface area contributed by atoms with Crippen molar-refractivity contribution >= 4 is 0 Å². The number of benzene rings is 1. The van der Waals surface area contributed by atoms with E-state index in [9.17, 15) is 0 Å². The Morgan fingerprint density at radius 1 is 1.04 bits per heavy atom. The molecule has 0 radical (unpaired) electrons. The van der Waals surface area contributed by atoms with E-state index in [2.05, 4.69) is 27.2 Å². The van der Waals surface area contributed by atoms with E-state index >= 15 is 0 Å². The molecule has 0 spiro atoms. The van der Waals surface area contributed by atoms with Gasteiger partial charge in [0.2, 0.25) is 6.79 Å². The van der Waals surface area contributed by atoms with Crippen LogP contribution in [0.15, 0.2) is 53.3 Å². The van der Waals surface area contributed by atoms with E-state index in [1.807, 2.05) is 36.7 Å². The van der Waals surface area contributed by atoms with E-state index in [0.29, 0.717) is 0 Å². The molecule has 1 fully saturated rings. The SMILES string of the molecule is c1cncc(CN2CCCCCC2c2cc(-c3ccc4c(c3)OCO4)on2)c1. The molecule has 2 aliphatic heterocycles. The Balaban J connectivity index is 1.40. The van der Waals surface area contributed by atoms with E-state index in [0.717, 1.165) is 48.0 Å². The average molecular weight is 377 g/mol. The normalized spacial score (nSPS) is 19.5. The van der Waals surface area contributed by atoms with Gasteiger partial charge in [-0.3, -0.25) is 9.88 Å². The zero-order chi connectivity index (χ0) is 18.8. The molecule has 0 amide bonds. The van der Waals surface area contributed by atoms with E-state index in [1.54, 1.807) is 0 Å². The third-order valence-corrected chi connectivity index (χ3v) is 5.50. The molecule has 144 valence electrons. The van der Waals surface area contributed by atoms with Crippen molar-refractivity contribution in [3.63, 3.8) is 0 Å². The van der Waals surface area contributed by atoms with Gasteiger partial charge in [0, 0.05) is 30.6 Å². The van der Waals surface area contributed by atoms with Gasteiger partial charge in [-0.05, 0) is 49.2 Å². The summed E-state index contributed by atoms with van der Waals surface area (Å²) in [6.07, 6.45) is 8.53. The molecule has 2 aliphatic rings. The number of rotatable bonds is 4. The predicted molar refractivity (Wildman–Crippen MR) is 104 cm³/mol. The first-order valence-electron chi connectivity index (χ1n) is 9.86. The molecule has 1 saturated heterocycles. The fraction of sp³-hybridized carbons (Fsp3) is 0.364. The lowest BCUT2D eigenvalue weighted by atomic mass is 10.0. The van der Waals surface area contributed by atoms with Crippen LogP contribution in [0.1, 0.15) is 43.0 Å². The second-order valence-electron chi connectivity index (χ2n) is 7.38. The zero-order valence-corrected chi connectivity index (χ0v) is 15.7. The molecular weight excluding hydrogens is 354 g/mol. The van der Waals surface area contributed by atoms with Crippen LogP contribution in [0.3, 0.4) is 0 Å². The molecule has 28 heavy (non-hydrogen) atoms. The minimum absolute atomic E-state index is 0.259. The molecule has 0 bridgehead atoms. The van der Waals surface area contributed by atoms with Gasteiger partial charge in [0.05, 0.1) is 6.04 Å². The number of fused-ring (bicyclic) bond motifs is 1. The first-order chi connectivity index (χ1) is 13.9. The fourth-order valence-electron chi connectivity index (χ4n) is 4.05. The van der Waals surface area contributed by atoms with Crippen molar-refractivity contribution in [1.82, 2.24) is 15.0 Å². The minimum Gasteiger partial charge on any atom is -0.454 e. The van der Waals surface area contributed by atoms with Crippen LogP contribution in [0, 0.1) is 0 Å². The number of hydrogen-bond donors (Lipinski definition) is 0. The molecule has 0 aliphatic carbocycles. The Labute approximate surface area is 164 Å². The van der Waals surface area contributed by atoms with Crippen molar-refractivity contribution in [2.45, 2.75) is 38.3 Å². The molecule has 0 saturated carbocycles. The van der Waals surface area contributed by atoms with Crippen LogP contribution in [-0.4, -0.2) is 28.4 Å². The van der Waals surface area contributed by atoms with E-state index < -0.39 is 0 Å². The van der Waals surface area contributed by atoms with Crippen molar-refractivity contribution in [3.05, 3.63) is 60.0 Å². The van der Waals surface area contributed by atoms with Gasteiger partial charge in [-0.2, -0.15) is 0 Å². The third kappa shape index (κ3) is 3.47. The molecule has 3 aromatic rings. The second-order valence-corrected chi connectivity index (χ2v) is 7.38. The summed E-state index contributed by atoms with van der Waals surface area (Å²) < 4.78 is 16.6. The first-order valence-corrected chi connectivity index (χ1v) is 9.86. The predicted octanol–water partition coefficient (Wildman–Crippen LogP) is 4.58. The summed E-state index contributed by atoms with van der Waals surface area (Å²) in [5, 5.41) is 4.44. The Morgan fingerprint density at radius 3 is 2.93 bits per heavy atom. The summed E-state index contributed by atoms with van der Waals surface area (Å²) in [6.45, 7) is 2.21. The van der Waals surface area contributed by atoms with Crippen molar-refractivity contribution in [2.75, 3.05) is 13.3 Å². The number of pyridine rings is 1. The number of likely N-dealkylation sites (tertiary alicyclic amines) is 1. The highest BCUT2D eigenvalue weighted by molar-refractivity contribution is 5.63. The highest BCUT2D eigenvalue weighted by Gasteiger charge is 2.26. The van der Waals surface area contributed by atoms with Gasteiger partial charge in [0.1, 0.15) is 5.69 Å². The summed E-state index contributed by atoms with van der Waals surface area (Å²) in [5.74, 6) is 2.29. The van der Waals surface area contributed by atoms with Crippen LogP contribution in [0.2, 0.25) is 0 Å².